The Bertz CT molecular complexity index is 647. The molecule has 104 valence electrons. The van der Waals surface area contributed by atoms with Crippen LogP contribution in [0.25, 0.3) is 0 Å². The summed E-state index contributed by atoms with van der Waals surface area (Å²) in [4.78, 5) is 12.1. The van der Waals surface area contributed by atoms with E-state index >= 15 is 0 Å². The molecule has 0 unspecified atom stereocenters. The summed E-state index contributed by atoms with van der Waals surface area (Å²) in [5.41, 5.74) is -0.777. The summed E-state index contributed by atoms with van der Waals surface area (Å²) in [5.74, 6) is -5.61. The predicted octanol–water partition coefficient (Wildman–Crippen LogP) is 1.15. The first-order valence-corrected chi connectivity index (χ1v) is 5.37. The second-order valence-corrected chi connectivity index (χ2v) is 3.99. The Kier molecular flexibility index (Phi) is 3.03. The lowest BCUT2D eigenvalue weighted by molar-refractivity contribution is 0.103. The van der Waals surface area contributed by atoms with Gasteiger partial charge in [-0.2, -0.15) is 0 Å². The molecule has 20 heavy (non-hydrogen) atoms. The molecular formula is C13H10O7. The van der Waals surface area contributed by atoms with E-state index in [9.17, 15) is 25.2 Å². The highest BCUT2D eigenvalue weighted by Crippen LogP contribution is 2.41. The summed E-state index contributed by atoms with van der Waals surface area (Å²) in [7, 11) is 0. The number of carbonyl (C=O) groups excluding carboxylic acids is 1. The fourth-order valence-electron chi connectivity index (χ4n) is 1.65. The zero-order valence-electron chi connectivity index (χ0n) is 9.90. The molecular weight excluding hydrogens is 268 g/mol. The Balaban J connectivity index is 2.58. The summed E-state index contributed by atoms with van der Waals surface area (Å²) >= 11 is 0. The van der Waals surface area contributed by atoms with E-state index in [-0.39, 0.29) is 11.1 Å². The van der Waals surface area contributed by atoms with Crippen LogP contribution in [0, 0.1) is 0 Å². The van der Waals surface area contributed by atoms with Crippen LogP contribution in [0.5, 0.6) is 34.5 Å². The minimum atomic E-state index is -0.911. The normalized spacial score (nSPS) is 10.4. The molecule has 0 fully saturated rings. The van der Waals surface area contributed by atoms with Crippen molar-refractivity contribution < 1.29 is 35.4 Å². The summed E-state index contributed by atoms with van der Waals surface area (Å²) in [5, 5.41) is 56.2. The SMILES string of the molecule is O=C(c1ccc(O)c(O)c1O)c1ccc(O)c(O)c1O. The fraction of sp³-hybridized carbons (Fsp3) is 0. The molecule has 0 amide bonds. The Labute approximate surface area is 112 Å². The topological polar surface area (TPSA) is 138 Å². The van der Waals surface area contributed by atoms with E-state index in [4.69, 9.17) is 10.2 Å². The van der Waals surface area contributed by atoms with Crippen LogP contribution < -0.4 is 0 Å². The number of rotatable bonds is 2. The number of carbonyl (C=O) groups is 1. The maximum absolute atomic E-state index is 12.1. The molecule has 0 aliphatic carbocycles. The van der Waals surface area contributed by atoms with E-state index in [0.29, 0.717) is 0 Å². The average molecular weight is 278 g/mol. The number of benzene rings is 2. The van der Waals surface area contributed by atoms with Gasteiger partial charge in [0.2, 0.25) is 17.3 Å². The van der Waals surface area contributed by atoms with E-state index in [2.05, 4.69) is 0 Å². The third-order valence-electron chi connectivity index (χ3n) is 2.75. The van der Waals surface area contributed by atoms with Crippen molar-refractivity contribution in [2.75, 3.05) is 0 Å². The van der Waals surface area contributed by atoms with Gasteiger partial charge < -0.3 is 30.6 Å². The van der Waals surface area contributed by atoms with E-state index in [1.807, 2.05) is 0 Å². The van der Waals surface area contributed by atoms with E-state index in [1.165, 1.54) is 0 Å². The highest BCUT2D eigenvalue weighted by molar-refractivity contribution is 6.13. The molecule has 2 aromatic rings. The fourth-order valence-corrected chi connectivity index (χ4v) is 1.65. The van der Waals surface area contributed by atoms with Gasteiger partial charge >= 0.3 is 0 Å². The van der Waals surface area contributed by atoms with E-state index in [1.54, 1.807) is 0 Å². The van der Waals surface area contributed by atoms with Crippen molar-refractivity contribution in [3.05, 3.63) is 35.4 Å². The number of phenols is 6. The van der Waals surface area contributed by atoms with Crippen LogP contribution in [0.3, 0.4) is 0 Å². The number of aromatic hydroxyl groups is 6. The minimum Gasteiger partial charge on any atom is -0.504 e. The number of hydrogen-bond acceptors (Lipinski definition) is 7. The summed E-state index contributed by atoms with van der Waals surface area (Å²) in [6.07, 6.45) is 0. The number of ketones is 1. The standard InChI is InChI=1S/C13H10O7/c14-7-3-1-5(10(17)12(7)19)9(16)6-2-4-8(15)13(20)11(6)18/h1-4,14-15,17-20H. The average Bonchev–Trinajstić information content (AvgIpc) is 2.42. The smallest absolute Gasteiger partial charge is 0.201 e. The maximum atomic E-state index is 12.1. The molecule has 0 saturated carbocycles. The molecule has 0 heterocycles. The second-order valence-electron chi connectivity index (χ2n) is 3.99. The lowest BCUT2D eigenvalue weighted by Gasteiger charge is -2.09. The zero-order valence-corrected chi connectivity index (χ0v) is 9.90. The van der Waals surface area contributed by atoms with Gasteiger partial charge in [-0.1, -0.05) is 0 Å². The molecule has 6 N–H and O–H groups in total. The van der Waals surface area contributed by atoms with Gasteiger partial charge in [-0.05, 0) is 24.3 Å². The lowest BCUT2D eigenvalue weighted by Crippen LogP contribution is -2.02. The van der Waals surface area contributed by atoms with Gasteiger partial charge in [-0.3, -0.25) is 4.79 Å². The molecule has 7 nitrogen and oxygen atoms in total. The third-order valence-corrected chi connectivity index (χ3v) is 2.75. The van der Waals surface area contributed by atoms with Crippen LogP contribution in [-0.4, -0.2) is 36.4 Å². The largest absolute Gasteiger partial charge is 0.504 e. The van der Waals surface area contributed by atoms with Gasteiger partial charge in [-0.25, -0.2) is 0 Å². The molecule has 0 bridgehead atoms. The van der Waals surface area contributed by atoms with Gasteiger partial charge in [0, 0.05) is 0 Å². The Morgan fingerprint density at radius 3 is 1.30 bits per heavy atom. The van der Waals surface area contributed by atoms with Gasteiger partial charge in [0.15, 0.2) is 23.0 Å². The highest BCUT2D eigenvalue weighted by Gasteiger charge is 2.23. The monoisotopic (exact) mass is 278 g/mol. The first-order valence-electron chi connectivity index (χ1n) is 5.37. The van der Waals surface area contributed by atoms with E-state index in [0.717, 1.165) is 24.3 Å². The first-order chi connectivity index (χ1) is 9.34. The molecule has 0 atom stereocenters. The lowest BCUT2D eigenvalue weighted by atomic mass is 10.0. The van der Waals surface area contributed by atoms with Crippen molar-refractivity contribution in [3.8, 4) is 34.5 Å². The summed E-state index contributed by atoms with van der Waals surface area (Å²) in [6.45, 7) is 0. The van der Waals surface area contributed by atoms with Gasteiger partial charge in [0.05, 0.1) is 11.1 Å². The first kappa shape index (κ1) is 13.3. The van der Waals surface area contributed by atoms with Crippen molar-refractivity contribution in [1.29, 1.82) is 0 Å². The Morgan fingerprint density at radius 2 is 0.950 bits per heavy atom. The molecule has 0 saturated heterocycles. The predicted molar refractivity (Wildman–Crippen MR) is 66.3 cm³/mol. The molecule has 0 radical (unpaired) electrons. The molecule has 7 heteroatoms. The van der Waals surface area contributed by atoms with Crippen molar-refractivity contribution in [2.45, 2.75) is 0 Å². The van der Waals surface area contributed by atoms with Crippen LogP contribution in [0.15, 0.2) is 24.3 Å². The number of hydrogen-bond donors (Lipinski definition) is 6. The van der Waals surface area contributed by atoms with Crippen LogP contribution in [0.4, 0.5) is 0 Å². The van der Waals surface area contributed by atoms with Crippen molar-refractivity contribution in [1.82, 2.24) is 0 Å². The van der Waals surface area contributed by atoms with Crippen LogP contribution in [0.1, 0.15) is 15.9 Å². The molecule has 0 spiro atoms. The molecule has 0 aliphatic heterocycles. The minimum absolute atomic E-state index is 0.388. The zero-order chi connectivity index (χ0) is 15.0. The maximum Gasteiger partial charge on any atom is 0.201 e. The highest BCUT2D eigenvalue weighted by atomic mass is 16.3. The van der Waals surface area contributed by atoms with Gasteiger partial charge in [-0.15, -0.1) is 0 Å². The molecule has 0 aromatic heterocycles. The summed E-state index contributed by atoms with van der Waals surface area (Å²) < 4.78 is 0. The second kappa shape index (κ2) is 4.54. The molecule has 2 aromatic carbocycles. The molecule has 2 rings (SSSR count). The quantitative estimate of drug-likeness (QED) is 0.358. The Morgan fingerprint density at radius 1 is 0.600 bits per heavy atom. The van der Waals surface area contributed by atoms with E-state index < -0.39 is 40.3 Å². The van der Waals surface area contributed by atoms with Crippen molar-refractivity contribution in [2.24, 2.45) is 0 Å². The van der Waals surface area contributed by atoms with Crippen molar-refractivity contribution >= 4 is 5.78 Å². The van der Waals surface area contributed by atoms with Crippen LogP contribution in [-0.2, 0) is 0 Å². The summed E-state index contributed by atoms with van der Waals surface area (Å²) in [6, 6.07) is 4.05. The molecule has 0 aliphatic rings. The van der Waals surface area contributed by atoms with Crippen LogP contribution in [0.2, 0.25) is 0 Å². The van der Waals surface area contributed by atoms with Gasteiger partial charge in [0.25, 0.3) is 0 Å². The van der Waals surface area contributed by atoms with Gasteiger partial charge in [0.1, 0.15) is 0 Å². The van der Waals surface area contributed by atoms with Crippen LogP contribution >= 0.6 is 0 Å². The Hall–Kier alpha value is -3.09. The van der Waals surface area contributed by atoms with Crippen molar-refractivity contribution in [3.63, 3.8) is 0 Å². The third kappa shape index (κ3) is 1.91. The number of phenolic OH excluding ortho intramolecular Hbond substituents is 6.